The fourth-order valence-corrected chi connectivity index (χ4v) is 3.04. The number of hydrogen-bond acceptors (Lipinski definition) is 2. The lowest BCUT2D eigenvalue weighted by atomic mass is 10.2. The van der Waals surface area contributed by atoms with Gasteiger partial charge in [-0.2, -0.15) is 0 Å². The molecule has 0 atom stereocenters. The molecule has 19 heavy (non-hydrogen) atoms. The first-order valence-electron chi connectivity index (χ1n) is 6.48. The van der Waals surface area contributed by atoms with Crippen LogP contribution in [0.3, 0.4) is 0 Å². The molecule has 0 N–H and O–H groups in total. The predicted molar refractivity (Wildman–Crippen MR) is 76.9 cm³/mol. The van der Waals surface area contributed by atoms with Gasteiger partial charge in [-0.1, -0.05) is 0 Å². The van der Waals surface area contributed by atoms with Gasteiger partial charge in [0.15, 0.2) is 0 Å². The number of fused-ring (bicyclic) bond motifs is 1. The molecule has 0 amide bonds. The molecule has 3 rings (SSSR count). The van der Waals surface area contributed by atoms with Crippen molar-refractivity contribution in [2.75, 3.05) is 32.8 Å². The first-order valence-corrected chi connectivity index (χ1v) is 7.27. The molecule has 1 saturated heterocycles. The molecule has 102 valence electrons. The molecule has 5 heteroatoms. The first-order chi connectivity index (χ1) is 9.24. The molecule has 1 aromatic heterocycles. The van der Waals surface area contributed by atoms with E-state index in [9.17, 15) is 4.39 Å². The summed E-state index contributed by atoms with van der Waals surface area (Å²) in [6.45, 7) is 5.44. The monoisotopic (exact) mass is 326 g/mol. The second-order valence-corrected chi connectivity index (χ2v) is 5.64. The Morgan fingerprint density at radius 1 is 1.21 bits per heavy atom. The summed E-state index contributed by atoms with van der Waals surface area (Å²) >= 11 is 3.41. The Morgan fingerprint density at radius 2 is 2.00 bits per heavy atom. The van der Waals surface area contributed by atoms with Crippen molar-refractivity contribution < 1.29 is 9.13 Å². The Bertz CT molecular complexity index is 578. The van der Waals surface area contributed by atoms with Crippen LogP contribution in [0.25, 0.3) is 10.9 Å². The lowest BCUT2D eigenvalue weighted by Crippen LogP contribution is -2.38. The Morgan fingerprint density at radius 3 is 2.79 bits per heavy atom. The zero-order valence-corrected chi connectivity index (χ0v) is 12.2. The molecule has 0 saturated carbocycles. The molecule has 0 aliphatic carbocycles. The molecule has 2 heterocycles. The van der Waals surface area contributed by atoms with Crippen LogP contribution in [-0.4, -0.2) is 42.3 Å². The first kappa shape index (κ1) is 13.1. The maximum Gasteiger partial charge on any atom is 0.126 e. The van der Waals surface area contributed by atoms with Crippen molar-refractivity contribution in [3.05, 3.63) is 34.7 Å². The third kappa shape index (κ3) is 2.83. The quantitative estimate of drug-likeness (QED) is 0.863. The summed E-state index contributed by atoms with van der Waals surface area (Å²) in [6, 6.07) is 5.13. The Kier molecular flexibility index (Phi) is 3.86. The molecule has 1 aliphatic heterocycles. The fraction of sp³-hybridized carbons (Fsp3) is 0.429. The fourth-order valence-electron chi connectivity index (χ4n) is 2.49. The van der Waals surface area contributed by atoms with Crippen molar-refractivity contribution in [1.82, 2.24) is 9.47 Å². The lowest BCUT2D eigenvalue weighted by molar-refractivity contribution is 0.0365. The second-order valence-electron chi connectivity index (χ2n) is 4.78. The smallest absolute Gasteiger partial charge is 0.126 e. The average Bonchev–Trinajstić information content (AvgIpc) is 2.81. The van der Waals surface area contributed by atoms with E-state index in [0.29, 0.717) is 0 Å². The minimum atomic E-state index is -0.203. The number of benzene rings is 1. The molecule has 0 unspecified atom stereocenters. The molecule has 0 bridgehead atoms. The largest absolute Gasteiger partial charge is 0.379 e. The van der Waals surface area contributed by atoms with Gasteiger partial charge in [-0.3, -0.25) is 4.90 Å². The van der Waals surface area contributed by atoms with Crippen LogP contribution in [0.4, 0.5) is 4.39 Å². The topological polar surface area (TPSA) is 17.4 Å². The van der Waals surface area contributed by atoms with Crippen molar-refractivity contribution in [3.63, 3.8) is 0 Å². The zero-order valence-electron chi connectivity index (χ0n) is 10.6. The van der Waals surface area contributed by atoms with Crippen LogP contribution in [0.2, 0.25) is 0 Å². The number of ether oxygens (including phenoxy) is 1. The summed E-state index contributed by atoms with van der Waals surface area (Å²) < 4.78 is 21.7. The number of halogens is 2. The van der Waals surface area contributed by atoms with E-state index in [0.717, 1.165) is 54.8 Å². The van der Waals surface area contributed by atoms with Crippen molar-refractivity contribution in [1.29, 1.82) is 0 Å². The Labute approximate surface area is 120 Å². The molecule has 1 aliphatic rings. The third-order valence-corrected chi connectivity index (χ3v) is 4.22. The van der Waals surface area contributed by atoms with Crippen LogP contribution in [-0.2, 0) is 11.3 Å². The van der Waals surface area contributed by atoms with Crippen molar-refractivity contribution in [2.24, 2.45) is 0 Å². The van der Waals surface area contributed by atoms with E-state index >= 15 is 0 Å². The maximum absolute atomic E-state index is 13.5. The van der Waals surface area contributed by atoms with Gasteiger partial charge in [0, 0.05) is 42.2 Å². The van der Waals surface area contributed by atoms with Crippen LogP contribution in [0, 0.1) is 5.82 Å². The number of nitrogens with zero attached hydrogens (tertiary/aromatic N) is 2. The molecule has 1 aromatic carbocycles. The van der Waals surface area contributed by atoms with Crippen LogP contribution in [0.15, 0.2) is 28.9 Å². The van der Waals surface area contributed by atoms with Crippen LogP contribution < -0.4 is 0 Å². The second kappa shape index (κ2) is 5.61. The van der Waals surface area contributed by atoms with Crippen molar-refractivity contribution in [3.8, 4) is 0 Å². The van der Waals surface area contributed by atoms with Gasteiger partial charge >= 0.3 is 0 Å². The van der Waals surface area contributed by atoms with Gasteiger partial charge in [0.2, 0.25) is 0 Å². The van der Waals surface area contributed by atoms with E-state index < -0.39 is 0 Å². The summed E-state index contributed by atoms with van der Waals surface area (Å²) in [5.74, 6) is -0.203. The van der Waals surface area contributed by atoms with E-state index in [-0.39, 0.29) is 5.82 Å². The summed E-state index contributed by atoms with van der Waals surface area (Å²) in [5.41, 5.74) is 0.945. The van der Waals surface area contributed by atoms with Crippen molar-refractivity contribution in [2.45, 2.75) is 6.54 Å². The summed E-state index contributed by atoms with van der Waals surface area (Å²) in [7, 11) is 0. The Balaban J connectivity index is 1.77. The summed E-state index contributed by atoms with van der Waals surface area (Å²) in [6.07, 6.45) is 2.02. The molecular formula is C14H16BrFN2O. The van der Waals surface area contributed by atoms with Crippen molar-refractivity contribution >= 4 is 26.8 Å². The van der Waals surface area contributed by atoms with Gasteiger partial charge < -0.3 is 9.30 Å². The van der Waals surface area contributed by atoms with E-state index in [4.69, 9.17) is 4.74 Å². The highest BCUT2D eigenvalue weighted by Crippen LogP contribution is 2.26. The molecule has 0 radical (unpaired) electrons. The third-order valence-electron chi connectivity index (χ3n) is 3.56. The number of aromatic nitrogens is 1. The molecule has 2 aromatic rings. The van der Waals surface area contributed by atoms with E-state index in [1.807, 2.05) is 12.3 Å². The zero-order chi connectivity index (χ0) is 13.2. The minimum Gasteiger partial charge on any atom is -0.379 e. The highest BCUT2D eigenvalue weighted by molar-refractivity contribution is 9.10. The van der Waals surface area contributed by atoms with E-state index in [2.05, 4.69) is 25.4 Å². The van der Waals surface area contributed by atoms with Gasteiger partial charge in [0.05, 0.1) is 18.7 Å². The van der Waals surface area contributed by atoms with Crippen LogP contribution in [0.5, 0.6) is 0 Å². The standard InChI is InChI=1S/C14H16BrFN2O/c15-13-9-11(16)10-14-12(13)1-2-18(14)4-3-17-5-7-19-8-6-17/h1-2,9-10H,3-8H2. The van der Waals surface area contributed by atoms with Crippen LogP contribution >= 0.6 is 15.9 Å². The maximum atomic E-state index is 13.5. The number of rotatable bonds is 3. The highest BCUT2D eigenvalue weighted by atomic mass is 79.9. The molecule has 3 nitrogen and oxygen atoms in total. The van der Waals surface area contributed by atoms with Gasteiger partial charge in [-0.25, -0.2) is 4.39 Å². The number of hydrogen-bond donors (Lipinski definition) is 0. The lowest BCUT2D eigenvalue weighted by Gasteiger charge is -2.26. The normalized spacial score (nSPS) is 17.2. The van der Waals surface area contributed by atoms with E-state index in [1.54, 1.807) is 6.07 Å². The minimum absolute atomic E-state index is 0.203. The van der Waals surface area contributed by atoms with Gasteiger partial charge in [0.25, 0.3) is 0 Å². The molecule has 1 fully saturated rings. The predicted octanol–water partition coefficient (Wildman–Crippen LogP) is 2.88. The van der Waals surface area contributed by atoms with Crippen LogP contribution in [0.1, 0.15) is 0 Å². The average molecular weight is 327 g/mol. The summed E-state index contributed by atoms with van der Waals surface area (Å²) in [4.78, 5) is 2.38. The summed E-state index contributed by atoms with van der Waals surface area (Å²) in [5, 5.41) is 1.06. The number of morpholine rings is 1. The van der Waals surface area contributed by atoms with Gasteiger partial charge in [-0.15, -0.1) is 0 Å². The SMILES string of the molecule is Fc1cc(Br)c2ccn(CCN3CCOCC3)c2c1. The van der Waals surface area contributed by atoms with E-state index in [1.165, 1.54) is 6.07 Å². The molecule has 0 spiro atoms. The van der Waals surface area contributed by atoms with Gasteiger partial charge in [0.1, 0.15) is 5.82 Å². The Hall–Kier alpha value is -0.910. The molecular weight excluding hydrogens is 311 g/mol. The highest BCUT2D eigenvalue weighted by Gasteiger charge is 2.11. The van der Waals surface area contributed by atoms with Gasteiger partial charge in [-0.05, 0) is 34.1 Å².